The molecular formula is C15H21ClO2. The van der Waals surface area contributed by atoms with E-state index in [1.165, 1.54) is 11.1 Å². The van der Waals surface area contributed by atoms with E-state index in [4.69, 9.17) is 21.1 Å². The molecule has 0 saturated heterocycles. The lowest BCUT2D eigenvalue weighted by Gasteiger charge is -2.39. The maximum Gasteiger partial charge on any atom is 0.128 e. The SMILES string of the molecule is COC1C(Cl)CC1Oc1ccc(C(C)C)c(C)c1. The summed E-state index contributed by atoms with van der Waals surface area (Å²) in [5.41, 5.74) is 2.65. The van der Waals surface area contributed by atoms with Crippen molar-refractivity contribution in [3.63, 3.8) is 0 Å². The Morgan fingerprint density at radius 1 is 1.33 bits per heavy atom. The second-order valence-electron chi connectivity index (χ2n) is 5.28. The molecule has 0 spiro atoms. The van der Waals surface area contributed by atoms with Crippen LogP contribution in [-0.4, -0.2) is 24.7 Å². The van der Waals surface area contributed by atoms with E-state index in [9.17, 15) is 0 Å². The second kappa shape index (κ2) is 5.50. The van der Waals surface area contributed by atoms with E-state index >= 15 is 0 Å². The number of halogens is 1. The van der Waals surface area contributed by atoms with Crippen molar-refractivity contribution in [2.24, 2.45) is 0 Å². The summed E-state index contributed by atoms with van der Waals surface area (Å²) in [7, 11) is 1.68. The van der Waals surface area contributed by atoms with Crippen LogP contribution in [0.3, 0.4) is 0 Å². The molecular weight excluding hydrogens is 248 g/mol. The molecule has 1 aliphatic carbocycles. The van der Waals surface area contributed by atoms with Gasteiger partial charge in [-0.05, 0) is 36.1 Å². The minimum Gasteiger partial charge on any atom is -0.488 e. The molecule has 1 saturated carbocycles. The molecule has 0 aromatic heterocycles. The molecule has 1 aromatic rings. The first-order valence-corrected chi connectivity index (χ1v) is 6.90. The zero-order valence-electron chi connectivity index (χ0n) is 11.4. The lowest BCUT2D eigenvalue weighted by Crippen LogP contribution is -2.52. The number of hydrogen-bond donors (Lipinski definition) is 0. The number of rotatable bonds is 4. The van der Waals surface area contributed by atoms with Gasteiger partial charge in [0.25, 0.3) is 0 Å². The zero-order valence-corrected chi connectivity index (χ0v) is 12.2. The molecule has 100 valence electrons. The summed E-state index contributed by atoms with van der Waals surface area (Å²) in [5, 5.41) is 0.0797. The number of ether oxygens (including phenoxy) is 2. The Balaban J connectivity index is 2.05. The van der Waals surface area contributed by atoms with Crippen LogP contribution >= 0.6 is 11.6 Å². The van der Waals surface area contributed by atoms with Gasteiger partial charge in [0.15, 0.2) is 0 Å². The van der Waals surface area contributed by atoms with Crippen LogP contribution in [0.2, 0.25) is 0 Å². The third kappa shape index (κ3) is 2.65. The molecule has 0 heterocycles. The Bertz CT molecular complexity index is 417. The summed E-state index contributed by atoms with van der Waals surface area (Å²) in [6.45, 7) is 6.53. The van der Waals surface area contributed by atoms with Crippen LogP contribution in [0, 0.1) is 6.92 Å². The Kier molecular flexibility index (Phi) is 4.18. The van der Waals surface area contributed by atoms with Gasteiger partial charge in [-0.3, -0.25) is 0 Å². The van der Waals surface area contributed by atoms with Gasteiger partial charge in [0.05, 0.1) is 5.38 Å². The molecule has 2 rings (SSSR count). The summed E-state index contributed by atoms with van der Waals surface area (Å²) in [4.78, 5) is 0. The van der Waals surface area contributed by atoms with Gasteiger partial charge >= 0.3 is 0 Å². The van der Waals surface area contributed by atoms with Gasteiger partial charge in [-0.15, -0.1) is 11.6 Å². The fraction of sp³-hybridized carbons (Fsp3) is 0.600. The Morgan fingerprint density at radius 3 is 2.56 bits per heavy atom. The molecule has 3 heteroatoms. The Hall–Kier alpha value is -0.730. The highest BCUT2D eigenvalue weighted by Crippen LogP contribution is 2.33. The molecule has 18 heavy (non-hydrogen) atoms. The molecule has 0 bridgehead atoms. The third-order valence-electron chi connectivity index (χ3n) is 3.60. The van der Waals surface area contributed by atoms with E-state index in [0.29, 0.717) is 5.92 Å². The number of benzene rings is 1. The fourth-order valence-electron chi connectivity index (χ4n) is 2.49. The summed E-state index contributed by atoms with van der Waals surface area (Å²) in [5.74, 6) is 1.45. The molecule has 2 nitrogen and oxygen atoms in total. The van der Waals surface area contributed by atoms with Crippen molar-refractivity contribution in [3.05, 3.63) is 29.3 Å². The molecule has 0 N–H and O–H groups in total. The molecule has 0 radical (unpaired) electrons. The molecule has 0 amide bonds. The molecule has 3 unspecified atom stereocenters. The van der Waals surface area contributed by atoms with Crippen LogP contribution in [0.5, 0.6) is 5.75 Å². The highest BCUT2D eigenvalue weighted by atomic mass is 35.5. The van der Waals surface area contributed by atoms with Gasteiger partial charge in [-0.2, -0.15) is 0 Å². The van der Waals surface area contributed by atoms with Gasteiger partial charge in [0, 0.05) is 13.5 Å². The topological polar surface area (TPSA) is 18.5 Å². The van der Waals surface area contributed by atoms with Crippen LogP contribution in [0.25, 0.3) is 0 Å². The normalized spacial score (nSPS) is 27.1. The van der Waals surface area contributed by atoms with E-state index in [-0.39, 0.29) is 17.6 Å². The van der Waals surface area contributed by atoms with E-state index < -0.39 is 0 Å². The Morgan fingerprint density at radius 2 is 2.06 bits per heavy atom. The summed E-state index contributed by atoms with van der Waals surface area (Å²) in [6, 6.07) is 6.29. The molecule has 0 aliphatic heterocycles. The van der Waals surface area contributed by atoms with Crippen LogP contribution in [0.4, 0.5) is 0 Å². The minimum atomic E-state index is 0.0109. The lowest BCUT2D eigenvalue weighted by atomic mass is 9.91. The summed E-state index contributed by atoms with van der Waals surface area (Å²) in [6.07, 6.45) is 0.948. The van der Waals surface area contributed by atoms with Gasteiger partial charge in [-0.1, -0.05) is 19.9 Å². The van der Waals surface area contributed by atoms with Crippen molar-refractivity contribution in [1.29, 1.82) is 0 Å². The minimum absolute atomic E-state index is 0.0109. The monoisotopic (exact) mass is 268 g/mol. The smallest absolute Gasteiger partial charge is 0.128 e. The second-order valence-corrected chi connectivity index (χ2v) is 5.84. The molecule has 1 aliphatic rings. The van der Waals surface area contributed by atoms with Gasteiger partial charge in [0.2, 0.25) is 0 Å². The van der Waals surface area contributed by atoms with Gasteiger partial charge in [-0.25, -0.2) is 0 Å². The van der Waals surface area contributed by atoms with Crippen molar-refractivity contribution >= 4 is 11.6 Å². The first-order chi connectivity index (χ1) is 8.52. The van der Waals surface area contributed by atoms with Crippen LogP contribution in [0.15, 0.2) is 18.2 Å². The van der Waals surface area contributed by atoms with Crippen LogP contribution < -0.4 is 4.74 Å². The quantitative estimate of drug-likeness (QED) is 0.772. The molecule has 1 aromatic carbocycles. The van der Waals surface area contributed by atoms with Gasteiger partial charge < -0.3 is 9.47 Å². The summed E-state index contributed by atoms with van der Waals surface area (Å²) >= 11 is 6.07. The van der Waals surface area contributed by atoms with Crippen LogP contribution in [-0.2, 0) is 4.74 Å². The highest BCUT2D eigenvalue weighted by molar-refractivity contribution is 6.21. The lowest BCUT2D eigenvalue weighted by molar-refractivity contribution is -0.0583. The van der Waals surface area contributed by atoms with Crippen molar-refractivity contribution in [3.8, 4) is 5.75 Å². The first kappa shape index (κ1) is 13.7. The highest BCUT2D eigenvalue weighted by Gasteiger charge is 2.42. The average molecular weight is 269 g/mol. The van der Waals surface area contributed by atoms with Crippen molar-refractivity contribution < 1.29 is 9.47 Å². The predicted molar refractivity (Wildman–Crippen MR) is 74.7 cm³/mol. The molecule has 1 fully saturated rings. The first-order valence-electron chi connectivity index (χ1n) is 6.47. The van der Waals surface area contributed by atoms with Crippen LogP contribution in [0.1, 0.15) is 37.3 Å². The molecule has 3 atom stereocenters. The van der Waals surface area contributed by atoms with E-state index in [2.05, 4.69) is 32.9 Å². The maximum absolute atomic E-state index is 6.07. The Labute approximate surface area is 114 Å². The largest absolute Gasteiger partial charge is 0.488 e. The summed E-state index contributed by atoms with van der Waals surface area (Å²) < 4.78 is 11.2. The number of hydrogen-bond acceptors (Lipinski definition) is 2. The van der Waals surface area contributed by atoms with E-state index in [1.54, 1.807) is 7.11 Å². The number of alkyl halides is 1. The van der Waals surface area contributed by atoms with Gasteiger partial charge in [0.1, 0.15) is 18.0 Å². The third-order valence-corrected chi connectivity index (χ3v) is 4.03. The van der Waals surface area contributed by atoms with Crippen molar-refractivity contribution in [2.45, 2.75) is 50.7 Å². The zero-order chi connectivity index (χ0) is 13.3. The van der Waals surface area contributed by atoms with Crippen molar-refractivity contribution in [1.82, 2.24) is 0 Å². The van der Waals surface area contributed by atoms with E-state index in [1.807, 2.05) is 6.07 Å². The van der Waals surface area contributed by atoms with E-state index in [0.717, 1.165) is 12.2 Å². The average Bonchev–Trinajstić information content (AvgIpc) is 2.28. The fourth-order valence-corrected chi connectivity index (χ4v) is 2.93. The predicted octanol–water partition coefficient (Wildman–Crippen LogP) is 3.89. The number of aryl methyl sites for hydroxylation is 1. The standard InChI is InChI=1S/C15H21ClO2/c1-9(2)12-6-5-11(7-10(12)3)18-14-8-13(16)15(14)17-4/h5-7,9,13-15H,8H2,1-4H3. The maximum atomic E-state index is 6.07. The number of methoxy groups -OCH3 is 1. The van der Waals surface area contributed by atoms with Crippen molar-refractivity contribution in [2.75, 3.05) is 7.11 Å².